The number of nitrogens with two attached hydrogens (primary N) is 1. The number of hydrogen-bond acceptors (Lipinski definition) is 2. The van der Waals surface area contributed by atoms with Crippen molar-refractivity contribution in [3.05, 3.63) is 42.5 Å². The number of rotatable bonds is 0. The SMILES string of the molecule is Nc1cc2ccc3cccc4oc(c1)c2c34. The molecule has 2 N–H and O–H groups in total. The van der Waals surface area contributed by atoms with E-state index in [-0.39, 0.29) is 0 Å². The molecule has 76 valence electrons. The van der Waals surface area contributed by atoms with Crippen LogP contribution < -0.4 is 5.73 Å². The van der Waals surface area contributed by atoms with Gasteiger partial charge in [-0.25, -0.2) is 0 Å². The van der Waals surface area contributed by atoms with E-state index in [4.69, 9.17) is 10.2 Å². The predicted octanol–water partition coefficient (Wildman–Crippen LogP) is 3.76. The molecule has 0 atom stereocenters. The first kappa shape index (κ1) is 7.99. The third-order valence-corrected chi connectivity index (χ3v) is 3.13. The minimum Gasteiger partial charge on any atom is -0.456 e. The lowest BCUT2D eigenvalue weighted by Crippen LogP contribution is -1.84. The standard InChI is InChI=1S/C14H9NO/c15-10-6-9-5-4-8-2-1-3-11-13(8)14(9)12(7-10)16-11/h1-7H,15H2. The van der Waals surface area contributed by atoms with Crippen molar-refractivity contribution in [2.45, 2.75) is 0 Å². The molecule has 0 saturated carbocycles. The Morgan fingerprint density at radius 1 is 0.812 bits per heavy atom. The Morgan fingerprint density at radius 3 is 2.56 bits per heavy atom. The number of nitrogen functional groups attached to an aromatic ring is 1. The summed E-state index contributed by atoms with van der Waals surface area (Å²) in [5.41, 5.74) is 8.40. The van der Waals surface area contributed by atoms with Crippen molar-refractivity contribution in [3.8, 4) is 0 Å². The van der Waals surface area contributed by atoms with E-state index in [0.717, 1.165) is 22.2 Å². The Bertz CT molecular complexity index is 813. The van der Waals surface area contributed by atoms with Gasteiger partial charge in [-0.05, 0) is 22.9 Å². The molecule has 0 unspecified atom stereocenters. The molecule has 0 saturated heterocycles. The summed E-state index contributed by atoms with van der Waals surface area (Å²) in [6.07, 6.45) is 0. The lowest BCUT2D eigenvalue weighted by molar-refractivity contribution is 0.669. The van der Waals surface area contributed by atoms with Gasteiger partial charge in [0.05, 0.1) is 0 Å². The normalized spacial score (nSPS) is 12.0. The highest BCUT2D eigenvalue weighted by atomic mass is 16.3. The van der Waals surface area contributed by atoms with Gasteiger partial charge in [0.1, 0.15) is 11.2 Å². The monoisotopic (exact) mass is 207 g/mol. The van der Waals surface area contributed by atoms with Gasteiger partial charge in [-0.15, -0.1) is 0 Å². The average molecular weight is 207 g/mol. The molecule has 2 nitrogen and oxygen atoms in total. The van der Waals surface area contributed by atoms with Gasteiger partial charge >= 0.3 is 0 Å². The summed E-state index contributed by atoms with van der Waals surface area (Å²) >= 11 is 0. The average Bonchev–Trinajstić information content (AvgIpc) is 2.64. The molecule has 1 aromatic heterocycles. The molecule has 3 aromatic carbocycles. The maximum Gasteiger partial charge on any atom is 0.138 e. The third kappa shape index (κ3) is 0.823. The van der Waals surface area contributed by atoms with Crippen LogP contribution in [0.4, 0.5) is 5.69 Å². The Hall–Kier alpha value is -2.22. The molecule has 0 aliphatic rings. The van der Waals surface area contributed by atoms with Crippen LogP contribution >= 0.6 is 0 Å². The molecule has 0 radical (unpaired) electrons. The number of furan rings is 1. The highest BCUT2D eigenvalue weighted by Crippen LogP contribution is 2.37. The third-order valence-electron chi connectivity index (χ3n) is 3.13. The van der Waals surface area contributed by atoms with Crippen molar-refractivity contribution in [3.63, 3.8) is 0 Å². The summed E-state index contributed by atoms with van der Waals surface area (Å²) in [5, 5.41) is 4.75. The van der Waals surface area contributed by atoms with E-state index in [2.05, 4.69) is 18.2 Å². The zero-order chi connectivity index (χ0) is 10.7. The number of anilines is 1. The highest BCUT2D eigenvalue weighted by Gasteiger charge is 2.12. The molecule has 1 heterocycles. The summed E-state index contributed by atoms with van der Waals surface area (Å²) in [6.45, 7) is 0. The molecular formula is C14H9NO. The minimum absolute atomic E-state index is 0.745. The summed E-state index contributed by atoms with van der Waals surface area (Å²) in [5.74, 6) is 0. The summed E-state index contributed by atoms with van der Waals surface area (Å²) in [7, 11) is 0. The van der Waals surface area contributed by atoms with Crippen molar-refractivity contribution < 1.29 is 4.42 Å². The summed E-state index contributed by atoms with van der Waals surface area (Å²) in [6, 6.07) is 14.2. The largest absolute Gasteiger partial charge is 0.456 e. The molecule has 0 aliphatic carbocycles. The van der Waals surface area contributed by atoms with Crippen molar-refractivity contribution in [1.29, 1.82) is 0 Å². The van der Waals surface area contributed by atoms with Crippen LogP contribution in [-0.4, -0.2) is 0 Å². The molecule has 0 fully saturated rings. The van der Waals surface area contributed by atoms with Gasteiger partial charge in [-0.2, -0.15) is 0 Å². The Labute approximate surface area is 91.6 Å². The van der Waals surface area contributed by atoms with Crippen molar-refractivity contribution in [1.82, 2.24) is 0 Å². The maximum absolute atomic E-state index is 5.85. The fourth-order valence-electron chi connectivity index (χ4n) is 2.48. The maximum atomic E-state index is 5.85. The fraction of sp³-hybridized carbons (Fsp3) is 0. The molecule has 0 spiro atoms. The lowest BCUT2D eigenvalue weighted by Gasteiger charge is -2.00. The van der Waals surface area contributed by atoms with Gasteiger partial charge < -0.3 is 10.2 Å². The van der Waals surface area contributed by atoms with Gasteiger partial charge in [0.15, 0.2) is 0 Å². The van der Waals surface area contributed by atoms with Gasteiger partial charge in [-0.1, -0.05) is 24.3 Å². The second kappa shape index (κ2) is 2.47. The molecule has 0 amide bonds. The predicted molar refractivity (Wildman–Crippen MR) is 66.8 cm³/mol. The zero-order valence-electron chi connectivity index (χ0n) is 8.53. The van der Waals surface area contributed by atoms with Crippen LogP contribution in [0, 0.1) is 0 Å². The van der Waals surface area contributed by atoms with E-state index in [9.17, 15) is 0 Å². The first-order valence-electron chi connectivity index (χ1n) is 5.26. The van der Waals surface area contributed by atoms with Gasteiger partial charge in [-0.3, -0.25) is 0 Å². The van der Waals surface area contributed by atoms with Gasteiger partial charge in [0, 0.05) is 22.5 Å². The van der Waals surface area contributed by atoms with E-state index in [1.807, 2.05) is 24.3 Å². The second-order valence-electron chi connectivity index (χ2n) is 4.14. The van der Waals surface area contributed by atoms with Gasteiger partial charge in [0.2, 0.25) is 0 Å². The molecule has 2 heteroatoms. The Kier molecular flexibility index (Phi) is 1.24. The highest BCUT2D eigenvalue weighted by molar-refractivity contribution is 6.22. The smallest absolute Gasteiger partial charge is 0.138 e. The van der Waals surface area contributed by atoms with Crippen LogP contribution in [0.15, 0.2) is 46.9 Å². The first-order valence-corrected chi connectivity index (χ1v) is 5.26. The number of benzene rings is 3. The van der Waals surface area contributed by atoms with Crippen LogP contribution in [0.1, 0.15) is 0 Å². The van der Waals surface area contributed by atoms with E-state index < -0.39 is 0 Å². The quantitative estimate of drug-likeness (QED) is 0.352. The molecule has 4 rings (SSSR count). The zero-order valence-corrected chi connectivity index (χ0v) is 8.53. The first-order chi connectivity index (χ1) is 7.83. The minimum atomic E-state index is 0.745. The summed E-state index contributed by atoms with van der Waals surface area (Å²) < 4.78 is 5.81. The molecule has 16 heavy (non-hydrogen) atoms. The van der Waals surface area contributed by atoms with E-state index in [0.29, 0.717) is 0 Å². The van der Waals surface area contributed by atoms with Crippen LogP contribution in [0.2, 0.25) is 0 Å². The van der Waals surface area contributed by atoms with Crippen LogP contribution in [0.25, 0.3) is 32.7 Å². The van der Waals surface area contributed by atoms with Crippen molar-refractivity contribution in [2.75, 3.05) is 5.73 Å². The molecule has 0 bridgehead atoms. The van der Waals surface area contributed by atoms with Crippen LogP contribution in [-0.2, 0) is 0 Å². The van der Waals surface area contributed by atoms with Crippen LogP contribution in [0.3, 0.4) is 0 Å². The molecular weight excluding hydrogens is 198 g/mol. The summed E-state index contributed by atoms with van der Waals surface area (Å²) in [4.78, 5) is 0. The second-order valence-corrected chi connectivity index (χ2v) is 4.14. The van der Waals surface area contributed by atoms with Crippen molar-refractivity contribution in [2.24, 2.45) is 0 Å². The van der Waals surface area contributed by atoms with E-state index in [1.54, 1.807) is 0 Å². The van der Waals surface area contributed by atoms with E-state index >= 15 is 0 Å². The Balaban J connectivity index is 2.48. The van der Waals surface area contributed by atoms with E-state index in [1.165, 1.54) is 16.2 Å². The number of hydrogen-bond donors (Lipinski definition) is 1. The Morgan fingerprint density at radius 2 is 1.62 bits per heavy atom. The van der Waals surface area contributed by atoms with Crippen LogP contribution in [0.5, 0.6) is 0 Å². The van der Waals surface area contributed by atoms with Gasteiger partial charge in [0.25, 0.3) is 0 Å². The fourth-order valence-corrected chi connectivity index (χ4v) is 2.48. The van der Waals surface area contributed by atoms with Crippen molar-refractivity contribution >= 4 is 38.4 Å². The molecule has 0 aliphatic heterocycles. The topological polar surface area (TPSA) is 39.2 Å². The lowest BCUT2D eigenvalue weighted by atomic mass is 10.0. The molecule has 4 aromatic rings.